The van der Waals surface area contributed by atoms with E-state index in [1.807, 2.05) is 18.2 Å². The van der Waals surface area contributed by atoms with Gasteiger partial charge in [0.15, 0.2) is 0 Å². The number of hydrogen-bond donors (Lipinski definition) is 1. The molecule has 2 aliphatic heterocycles. The van der Waals surface area contributed by atoms with Crippen molar-refractivity contribution in [3.63, 3.8) is 0 Å². The van der Waals surface area contributed by atoms with Crippen molar-refractivity contribution in [3.8, 4) is 0 Å². The summed E-state index contributed by atoms with van der Waals surface area (Å²) in [5, 5.41) is 4.09. The molecule has 2 N–H and O–H groups in total. The van der Waals surface area contributed by atoms with Crippen molar-refractivity contribution in [1.29, 1.82) is 0 Å². The Kier molecular flexibility index (Phi) is 34.6. The minimum atomic E-state index is -0.425. The SMILES string of the molecule is CN.O=C1[N-]C(=O)c2ccccc21.[CH-]=CC1=C(C)/C(=C/C=C)CCC1.[CH-]=CC1=C(Cl)/C(=C/C=C)CCC1.[CH-]=CC1=C(N2C(=O)c3ccccc3C2=O)/C(=C/C=C)CCC1.[K+].[Y].[Y].[Y]. The summed E-state index contributed by atoms with van der Waals surface area (Å²) in [6, 6.07) is 13.5. The van der Waals surface area contributed by atoms with E-state index >= 15 is 0 Å². The first-order valence-corrected chi connectivity index (χ1v) is 19.8. The summed E-state index contributed by atoms with van der Waals surface area (Å²) < 4.78 is 0. The standard InChI is InChI=1S/C19H16NO2.C12H15.C11H12Cl.C8H5NO2.CH5N.K.3Y/c1-3-8-14-10-7-9-13(4-2)17(14)20-18(21)15-11-5-6-12-16(15)19(20)22;1-4-7-12-9-6-8-11(5-2)10(12)3;1-3-6-10-8-5-7-9(4-2)11(10)12;10-7-5-3-1-2-4-6(5)8(11)9-7;1-2;;;;/h2-6,8,11-12H,1,7,9-10H2;2,4-5,7H,1,6,8-9H2,3H3;2-4,6H,1,5,7-8H2;1-4H,(H,9,10,11);2H2,1H3;;;;/q3*-1;;;+1;;;/p-1/b14-8+;12-7+;10-6+;;;;;;. The Hall–Kier alpha value is -1.20. The van der Waals surface area contributed by atoms with Gasteiger partial charge in [-0.1, -0.05) is 144 Å². The van der Waals surface area contributed by atoms with Crippen molar-refractivity contribution in [2.45, 2.75) is 64.7 Å². The third kappa shape index (κ3) is 17.4. The summed E-state index contributed by atoms with van der Waals surface area (Å²) in [4.78, 5) is 48.4. The number of rotatable bonds is 7. The van der Waals surface area contributed by atoms with E-state index in [2.05, 4.69) is 43.8 Å². The van der Waals surface area contributed by atoms with Crippen molar-refractivity contribution >= 4 is 35.2 Å². The summed E-state index contributed by atoms with van der Waals surface area (Å²) in [6.45, 7) is 29.9. The Morgan fingerprint density at radius 1 is 0.587 bits per heavy atom. The third-order valence-electron chi connectivity index (χ3n) is 9.98. The number of carbonyl (C=O) groups is 4. The van der Waals surface area contributed by atoms with Crippen LogP contribution in [0.3, 0.4) is 0 Å². The number of fused-ring (bicyclic) bond motifs is 2. The Morgan fingerprint density at radius 2 is 0.952 bits per heavy atom. The molecule has 315 valence electrons. The maximum Gasteiger partial charge on any atom is 1.00 e. The van der Waals surface area contributed by atoms with Gasteiger partial charge in [0.05, 0.1) is 22.9 Å². The molecule has 3 radical (unpaired) electrons. The first-order chi connectivity index (χ1) is 28.6. The van der Waals surface area contributed by atoms with Crippen LogP contribution in [0.15, 0.2) is 173 Å². The smallest absolute Gasteiger partial charge is 0.587 e. The summed E-state index contributed by atoms with van der Waals surface area (Å²) in [7, 11) is 1.50. The Labute approximate surface area is 498 Å². The van der Waals surface area contributed by atoms with Crippen molar-refractivity contribution in [2.24, 2.45) is 5.73 Å². The zero-order chi connectivity index (χ0) is 43.5. The van der Waals surface area contributed by atoms with Crippen LogP contribution in [-0.4, -0.2) is 35.6 Å². The summed E-state index contributed by atoms with van der Waals surface area (Å²) in [6.07, 6.45) is 25.1. The zero-order valence-corrected chi connectivity index (χ0v) is 49.1. The summed E-state index contributed by atoms with van der Waals surface area (Å²) in [5.41, 5.74) is 14.8. The first kappa shape index (κ1) is 63.9. The van der Waals surface area contributed by atoms with Crippen molar-refractivity contribution in [1.82, 2.24) is 4.90 Å². The van der Waals surface area contributed by atoms with Gasteiger partial charge in [0, 0.05) is 109 Å². The molecular weight excluding hydrogens is 1060 g/mol. The minimum Gasteiger partial charge on any atom is -0.587 e. The number of imide groups is 2. The molecule has 0 spiro atoms. The number of nitrogens with zero attached hydrogens (tertiary/aromatic N) is 2. The van der Waals surface area contributed by atoms with E-state index < -0.39 is 11.8 Å². The number of allylic oxidation sites excluding steroid dienone is 17. The molecule has 0 atom stereocenters. The van der Waals surface area contributed by atoms with Gasteiger partial charge in [-0.2, -0.15) is 16.7 Å². The number of nitrogens with two attached hydrogens (primary N) is 1. The molecule has 0 saturated heterocycles. The van der Waals surface area contributed by atoms with Crippen LogP contribution in [0.4, 0.5) is 0 Å². The molecule has 5 aliphatic rings. The number of carbonyl (C=O) groups excluding carboxylic acids is 4. The predicted molar refractivity (Wildman–Crippen MR) is 241 cm³/mol. The van der Waals surface area contributed by atoms with Crippen LogP contribution in [0, 0.1) is 19.7 Å². The average molecular weight is 1110 g/mol. The average Bonchev–Trinajstić information content (AvgIpc) is 3.70. The topological polar surface area (TPSA) is 112 Å². The number of benzene rings is 2. The van der Waals surface area contributed by atoms with Crippen LogP contribution in [0.2, 0.25) is 0 Å². The van der Waals surface area contributed by atoms with E-state index in [9.17, 15) is 19.2 Å². The quantitative estimate of drug-likeness (QED) is 0.169. The monoisotopic (exact) mass is 1110 g/mol. The van der Waals surface area contributed by atoms with Gasteiger partial charge in [-0.15, -0.1) is 17.2 Å². The number of amides is 4. The van der Waals surface area contributed by atoms with Crippen LogP contribution in [0.25, 0.3) is 5.32 Å². The molecule has 3 aliphatic carbocycles. The van der Waals surface area contributed by atoms with Gasteiger partial charge in [-0.3, -0.25) is 34.2 Å². The fourth-order valence-electron chi connectivity index (χ4n) is 7.09. The zero-order valence-electron chi connectivity index (χ0n) is 36.7. The van der Waals surface area contributed by atoms with E-state index in [4.69, 9.17) is 31.3 Å². The molecule has 63 heavy (non-hydrogen) atoms. The largest absolute Gasteiger partial charge is 1.00 e. The normalized spacial score (nSPS) is 17.6. The van der Waals surface area contributed by atoms with Gasteiger partial charge >= 0.3 is 51.4 Å². The molecule has 0 aromatic heterocycles. The molecule has 0 bridgehead atoms. The fraction of sp³-hybridized carbons (Fsp3) is 0.216. The second-order valence-corrected chi connectivity index (χ2v) is 13.8. The van der Waals surface area contributed by atoms with Gasteiger partial charge in [0.1, 0.15) is 0 Å². The molecule has 0 unspecified atom stereocenters. The number of hydrogen-bond acceptors (Lipinski definition) is 5. The van der Waals surface area contributed by atoms with Gasteiger partial charge in [0.25, 0.3) is 11.8 Å². The molecule has 2 heterocycles. The molecule has 0 fully saturated rings. The second-order valence-electron chi connectivity index (χ2n) is 13.5. The van der Waals surface area contributed by atoms with E-state index in [-0.39, 0.29) is 161 Å². The van der Waals surface area contributed by atoms with Crippen LogP contribution in [-0.2, 0) is 98.1 Å². The predicted octanol–water partition coefficient (Wildman–Crippen LogP) is 9.10. The Bertz CT molecular complexity index is 2110. The fourth-order valence-corrected chi connectivity index (χ4v) is 7.40. The van der Waals surface area contributed by atoms with Crippen LogP contribution in [0.5, 0.6) is 0 Å². The molecule has 12 heteroatoms. The van der Waals surface area contributed by atoms with E-state index in [1.165, 1.54) is 41.2 Å². The number of halogens is 1. The van der Waals surface area contributed by atoms with E-state index in [0.717, 1.165) is 78.7 Å². The summed E-state index contributed by atoms with van der Waals surface area (Å²) in [5.74, 6) is -1.42. The molecular formula is C51H52ClKN3O4Y3-3. The molecule has 2 aromatic carbocycles. The minimum absolute atomic E-state index is 0. The van der Waals surface area contributed by atoms with Gasteiger partial charge in [0.2, 0.25) is 0 Å². The van der Waals surface area contributed by atoms with Gasteiger partial charge in [-0.25, -0.2) is 18.2 Å². The molecule has 7 nitrogen and oxygen atoms in total. The van der Waals surface area contributed by atoms with E-state index in [0.29, 0.717) is 28.0 Å². The van der Waals surface area contributed by atoms with Crippen molar-refractivity contribution < 1.29 is 169 Å². The van der Waals surface area contributed by atoms with Crippen molar-refractivity contribution in [2.75, 3.05) is 7.05 Å². The first-order valence-electron chi connectivity index (χ1n) is 19.4. The second kappa shape index (κ2) is 34.1. The molecule has 7 rings (SSSR count). The summed E-state index contributed by atoms with van der Waals surface area (Å²) >= 11 is 6.08. The van der Waals surface area contributed by atoms with Gasteiger partial charge in [-0.05, 0) is 60.3 Å². The Balaban J connectivity index is 0. The maximum atomic E-state index is 12.7. The van der Waals surface area contributed by atoms with Crippen LogP contribution in [0.1, 0.15) is 106 Å². The third-order valence-corrected chi connectivity index (χ3v) is 10.5. The molecule has 0 saturated carbocycles. The van der Waals surface area contributed by atoms with Crippen LogP contribution >= 0.6 is 11.6 Å². The van der Waals surface area contributed by atoms with E-state index in [1.54, 1.807) is 72.8 Å². The molecule has 4 amide bonds. The van der Waals surface area contributed by atoms with Crippen LogP contribution < -0.4 is 57.1 Å². The Morgan fingerprint density at radius 3 is 1.40 bits per heavy atom. The van der Waals surface area contributed by atoms with Crippen molar-refractivity contribution in [3.05, 3.63) is 220 Å². The maximum absolute atomic E-state index is 12.7. The van der Waals surface area contributed by atoms with Gasteiger partial charge < -0.3 is 20.6 Å². The molecule has 2 aromatic rings.